The fraction of sp³-hybridized carbons (Fsp3) is 0.364. The van der Waals surface area contributed by atoms with Gasteiger partial charge in [-0.15, -0.1) is 0 Å². The van der Waals surface area contributed by atoms with Gasteiger partial charge < -0.3 is 14.0 Å². The largest absolute Gasteiger partial charge is 0.475 e. The molecule has 0 unspecified atom stereocenters. The molecule has 0 spiro atoms. The molecule has 2 aromatic heterocycles. The molecule has 0 aliphatic rings. The second-order valence-electron chi connectivity index (χ2n) is 3.73. The van der Waals surface area contributed by atoms with Gasteiger partial charge in [-0.05, 0) is 20.3 Å². The Kier molecular flexibility index (Phi) is 2.95. The lowest BCUT2D eigenvalue weighted by atomic mass is 10.1. The standard InChI is InChI=1S/C11H12N2O4/c1-6-8(7(2)17-13-6)3-4-10-12-5-9(16-10)11(14)15/h5H,3-4H2,1-2H3,(H,14,15). The summed E-state index contributed by atoms with van der Waals surface area (Å²) in [5.74, 6) is -0.0743. The molecule has 17 heavy (non-hydrogen) atoms. The second kappa shape index (κ2) is 4.40. The van der Waals surface area contributed by atoms with Crippen LogP contribution in [-0.2, 0) is 12.8 Å². The van der Waals surface area contributed by atoms with Gasteiger partial charge in [0.05, 0.1) is 11.9 Å². The smallest absolute Gasteiger partial charge is 0.373 e. The van der Waals surface area contributed by atoms with E-state index in [4.69, 9.17) is 14.0 Å². The summed E-state index contributed by atoms with van der Waals surface area (Å²) < 4.78 is 10.1. The van der Waals surface area contributed by atoms with Crippen molar-refractivity contribution >= 4 is 5.97 Å². The van der Waals surface area contributed by atoms with Gasteiger partial charge >= 0.3 is 5.97 Å². The number of aromatic nitrogens is 2. The lowest BCUT2D eigenvalue weighted by Crippen LogP contribution is -1.94. The minimum Gasteiger partial charge on any atom is -0.475 e. The van der Waals surface area contributed by atoms with Crippen molar-refractivity contribution in [3.05, 3.63) is 34.9 Å². The molecule has 0 saturated heterocycles. The summed E-state index contributed by atoms with van der Waals surface area (Å²) in [6, 6.07) is 0. The fourth-order valence-corrected chi connectivity index (χ4v) is 1.62. The molecule has 0 aromatic carbocycles. The monoisotopic (exact) mass is 236 g/mol. The number of carbonyl (C=O) groups is 1. The molecule has 2 heterocycles. The van der Waals surface area contributed by atoms with Crippen molar-refractivity contribution in [2.24, 2.45) is 0 Å². The quantitative estimate of drug-likeness (QED) is 0.869. The van der Waals surface area contributed by atoms with Crippen LogP contribution in [0.25, 0.3) is 0 Å². The molecule has 0 aliphatic heterocycles. The molecule has 1 N–H and O–H groups in total. The van der Waals surface area contributed by atoms with E-state index in [2.05, 4.69) is 10.1 Å². The molecular formula is C11H12N2O4. The molecule has 0 atom stereocenters. The summed E-state index contributed by atoms with van der Waals surface area (Å²) in [5, 5.41) is 12.5. The van der Waals surface area contributed by atoms with Crippen LogP contribution in [0.15, 0.2) is 15.1 Å². The molecular weight excluding hydrogens is 224 g/mol. The first-order chi connectivity index (χ1) is 8.08. The van der Waals surface area contributed by atoms with Gasteiger partial charge in [0.2, 0.25) is 5.76 Å². The van der Waals surface area contributed by atoms with Gasteiger partial charge in [0, 0.05) is 12.0 Å². The predicted molar refractivity (Wildman–Crippen MR) is 56.8 cm³/mol. The van der Waals surface area contributed by atoms with Crippen molar-refractivity contribution in [2.75, 3.05) is 0 Å². The molecule has 6 heteroatoms. The zero-order valence-electron chi connectivity index (χ0n) is 9.56. The zero-order chi connectivity index (χ0) is 12.4. The van der Waals surface area contributed by atoms with Gasteiger partial charge in [-0.1, -0.05) is 5.16 Å². The lowest BCUT2D eigenvalue weighted by Gasteiger charge is -1.96. The molecule has 2 rings (SSSR count). The van der Waals surface area contributed by atoms with Crippen molar-refractivity contribution < 1.29 is 18.8 Å². The van der Waals surface area contributed by atoms with E-state index in [1.165, 1.54) is 6.20 Å². The normalized spacial score (nSPS) is 10.7. The van der Waals surface area contributed by atoms with E-state index in [-0.39, 0.29) is 5.76 Å². The average Bonchev–Trinajstić information content (AvgIpc) is 2.85. The van der Waals surface area contributed by atoms with E-state index < -0.39 is 5.97 Å². The Balaban J connectivity index is 2.05. The summed E-state index contributed by atoms with van der Waals surface area (Å²) in [5.41, 5.74) is 1.85. The Labute approximate surface area is 97.2 Å². The molecule has 90 valence electrons. The number of aryl methyl sites for hydroxylation is 3. The summed E-state index contributed by atoms with van der Waals surface area (Å²) in [6.07, 6.45) is 2.40. The van der Waals surface area contributed by atoms with Crippen molar-refractivity contribution in [2.45, 2.75) is 26.7 Å². The maximum Gasteiger partial charge on any atom is 0.373 e. The molecule has 0 radical (unpaired) electrons. The van der Waals surface area contributed by atoms with Gasteiger partial charge in [-0.25, -0.2) is 9.78 Å². The third-order valence-electron chi connectivity index (χ3n) is 2.53. The van der Waals surface area contributed by atoms with Crippen LogP contribution in [0.5, 0.6) is 0 Å². The minimum absolute atomic E-state index is 0.140. The Morgan fingerprint density at radius 2 is 2.18 bits per heavy atom. The van der Waals surface area contributed by atoms with Crippen LogP contribution in [0.1, 0.15) is 33.5 Å². The van der Waals surface area contributed by atoms with Crippen molar-refractivity contribution in [1.29, 1.82) is 0 Å². The molecule has 0 aliphatic carbocycles. The molecule has 0 fully saturated rings. The Hall–Kier alpha value is -2.11. The number of carboxylic acids is 1. The number of nitrogens with zero attached hydrogens (tertiary/aromatic N) is 2. The van der Waals surface area contributed by atoms with Crippen LogP contribution in [0.4, 0.5) is 0 Å². The Morgan fingerprint density at radius 3 is 2.71 bits per heavy atom. The number of hydrogen-bond acceptors (Lipinski definition) is 5. The molecule has 0 amide bonds. The number of carboxylic acid groups (broad SMARTS) is 1. The minimum atomic E-state index is -1.11. The molecule has 0 saturated carbocycles. The third kappa shape index (κ3) is 2.35. The SMILES string of the molecule is Cc1noc(C)c1CCc1ncc(C(=O)O)o1. The van der Waals surface area contributed by atoms with Crippen molar-refractivity contribution in [3.63, 3.8) is 0 Å². The van der Waals surface area contributed by atoms with E-state index in [1.54, 1.807) is 0 Å². The van der Waals surface area contributed by atoms with E-state index in [0.29, 0.717) is 18.7 Å². The van der Waals surface area contributed by atoms with Crippen LogP contribution in [0.2, 0.25) is 0 Å². The lowest BCUT2D eigenvalue weighted by molar-refractivity contribution is 0.0660. The van der Waals surface area contributed by atoms with Crippen LogP contribution in [0, 0.1) is 13.8 Å². The maximum atomic E-state index is 10.6. The highest BCUT2D eigenvalue weighted by molar-refractivity contribution is 5.83. The topological polar surface area (TPSA) is 89.4 Å². The van der Waals surface area contributed by atoms with Crippen molar-refractivity contribution in [1.82, 2.24) is 10.1 Å². The summed E-state index contributed by atoms with van der Waals surface area (Å²) in [6.45, 7) is 3.71. The first kappa shape index (κ1) is 11.4. The van der Waals surface area contributed by atoms with Crippen LogP contribution < -0.4 is 0 Å². The van der Waals surface area contributed by atoms with Gasteiger partial charge in [-0.3, -0.25) is 0 Å². The number of oxazole rings is 1. The highest BCUT2D eigenvalue weighted by Crippen LogP contribution is 2.15. The Morgan fingerprint density at radius 1 is 1.41 bits per heavy atom. The highest BCUT2D eigenvalue weighted by atomic mass is 16.5. The van der Waals surface area contributed by atoms with Gasteiger partial charge in [-0.2, -0.15) is 0 Å². The summed E-state index contributed by atoms with van der Waals surface area (Å²) in [7, 11) is 0. The van der Waals surface area contributed by atoms with Crippen molar-refractivity contribution in [3.8, 4) is 0 Å². The number of rotatable bonds is 4. The summed E-state index contributed by atoms with van der Waals surface area (Å²) >= 11 is 0. The van der Waals surface area contributed by atoms with Gasteiger partial charge in [0.25, 0.3) is 0 Å². The number of aromatic carboxylic acids is 1. The maximum absolute atomic E-state index is 10.6. The van der Waals surface area contributed by atoms with E-state index >= 15 is 0 Å². The van der Waals surface area contributed by atoms with Crippen LogP contribution in [0.3, 0.4) is 0 Å². The Bertz CT molecular complexity index is 522. The van der Waals surface area contributed by atoms with E-state index in [1.807, 2.05) is 13.8 Å². The highest BCUT2D eigenvalue weighted by Gasteiger charge is 2.13. The van der Waals surface area contributed by atoms with Gasteiger partial charge in [0.1, 0.15) is 5.76 Å². The fourth-order valence-electron chi connectivity index (χ4n) is 1.62. The van der Waals surface area contributed by atoms with E-state index in [9.17, 15) is 4.79 Å². The summed E-state index contributed by atoms with van der Waals surface area (Å²) in [4.78, 5) is 14.5. The van der Waals surface area contributed by atoms with Gasteiger partial charge in [0.15, 0.2) is 5.89 Å². The average molecular weight is 236 g/mol. The molecule has 6 nitrogen and oxygen atoms in total. The third-order valence-corrected chi connectivity index (χ3v) is 2.53. The first-order valence-corrected chi connectivity index (χ1v) is 5.17. The first-order valence-electron chi connectivity index (χ1n) is 5.17. The molecule has 2 aromatic rings. The van der Waals surface area contributed by atoms with Crippen LogP contribution >= 0.6 is 0 Å². The van der Waals surface area contributed by atoms with E-state index in [0.717, 1.165) is 17.0 Å². The van der Waals surface area contributed by atoms with Crippen LogP contribution in [-0.4, -0.2) is 21.2 Å². The molecule has 0 bridgehead atoms. The second-order valence-corrected chi connectivity index (χ2v) is 3.73. The number of hydrogen-bond donors (Lipinski definition) is 1. The predicted octanol–water partition coefficient (Wildman–Crippen LogP) is 1.76. The zero-order valence-corrected chi connectivity index (χ0v) is 9.56.